The van der Waals surface area contributed by atoms with Crippen LogP contribution in [0, 0.1) is 0 Å². The van der Waals surface area contributed by atoms with Crippen molar-refractivity contribution >= 4 is 17.7 Å². The molecule has 0 aromatic carbocycles. The molecule has 0 aliphatic heterocycles. The molecule has 0 saturated heterocycles. The zero-order valence-corrected chi connectivity index (χ0v) is 12.5. The molecular formula is C14H21N3O4. The number of methoxy groups -OCH3 is 1. The van der Waals surface area contributed by atoms with Crippen LogP contribution in [0.5, 0.6) is 5.88 Å². The number of amides is 2. The first-order valence-corrected chi connectivity index (χ1v) is 6.73. The highest BCUT2D eigenvalue weighted by Crippen LogP contribution is 2.12. The molecule has 21 heavy (non-hydrogen) atoms. The second-order valence-electron chi connectivity index (χ2n) is 4.80. The summed E-state index contributed by atoms with van der Waals surface area (Å²) in [4.78, 5) is 28.3. The lowest BCUT2D eigenvalue weighted by molar-refractivity contribution is -0.137. The zero-order chi connectivity index (χ0) is 15.8. The molecule has 1 aromatic heterocycles. The van der Waals surface area contributed by atoms with Crippen LogP contribution in [-0.4, -0.2) is 46.7 Å². The van der Waals surface area contributed by atoms with E-state index in [1.54, 1.807) is 17.0 Å². The average Bonchev–Trinajstić information content (AvgIpc) is 2.43. The van der Waals surface area contributed by atoms with Gasteiger partial charge in [-0.25, -0.2) is 9.78 Å². The monoisotopic (exact) mass is 295 g/mol. The van der Waals surface area contributed by atoms with E-state index in [-0.39, 0.29) is 18.5 Å². The average molecular weight is 295 g/mol. The van der Waals surface area contributed by atoms with Crippen molar-refractivity contribution in [1.82, 2.24) is 9.88 Å². The highest BCUT2D eigenvalue weighted by atomic mass is 16.5. The Bertz CT molecular complexity index is 474. The molecule has 0 atom stereocenters. The minimum absolute atomic E-state index is 0.0231. The first-order valence-electron chi connectivity index (χ1n) is 6.73. The predicted molar refractivity (Wildman–Crippen MR) is 78.5 cm³/mol. The van der Waals surface area contributed by atoms with Crippen molar-refractivity contribution in [2.45, 2.75) is 32.7 Å². The molecule has 0 radical (unpaired) electrons. The second-order valence-corrected chi connectivity index (χ2v) is 4.80. The quantitative estimate of drug-likeness (QED) is 0.804. The molecule has 1 heterocycles. The molecule has 1 aromatic rings. The van der Waals surface area contributed by atoms with E-state index < -0.39 is 5.97 Å². The summed E-state index contributed by atoms with van der Waals surface area (Å²) in [5.41, 5.74) is 0.560. The molecule has 0 aliphatic carbocycles. The molecule has 0 bridgehead atoms. The third kappa shape index (κ3) is 5.68. The molecule has 0 aliphatic rings. The van der Waals surface area contributed by atoms with Gasteiger partial charge in [-0.1, -0.05) is 0 Å². The number of aromatic nitrogens is 1. The fourth-order valence-electron chi connectivity index (χ4n) is 1.77. The Hall–Kier alpha value is -2.31. The summed E-state index contributed by atoms with van der Waals surface area (Å²) in [6.45, 7) is 4.15. The summed E-state index contributed by atoms with van der Waals surface area (Å²) < 4.78 is 4.95. The molecule has 2 amide bonds. The van der Waals surface area contributed by atoms with Gasteiger partial charge in [-0.3, -0.25) is 4.79 Å². The normalized spacial score (nSPS) is 10.3. The van der Waals surface area contributed by atoms with Gasteiger partial charge in [0.05, 0.1) is 19.0 Å². The number of pyridine rings is 1. The molecule has 0 unspecified atom stereocenters. The molecule has 2 N–H and O–H groups in total. The van der Waals surface area contributed by atoms with Crippen molar-refractivity contribution in [2.75, 3.05) is 19.0 Å². The van der Waals surface area contributed by atoms with Gasteiger partial charge in [0.1, 0.15) is 0 Å². The van der Waals surface area contributed by atoms with E-state index in [1.807, 2.05) is 13.8 Å². The molecule has 0 saturated carbocycles. The number of hydrogen-bond acceptors (Lipinski definition) is 4. The van der Waals surface area contributed by atoms with Gasteiger partial charge in [-0.05, 0) is 26.3 Å². The van der Waals surface area contributed by atoms with Crippen LogP contribution >= 0.6 is 0 Å². The number of aliphatic carboxylic acids is 1. The second kappa shape index (κ2) is 8.08. The summed E-state index contributed by atoms with van der Waals surface area (Å²) in [5, 5.41) is 11.4. The Morgan fingerprint density at radius 2 is 2.14 bits per heavy atom. The number of rotatable bonds is 7. The maximum atomic E-state index is 12.2. The number of nitrogens with zero attached hydrogens (tertiary/aromatic N) is 2. The first-order chi connectivity index (χ1) is 9.93. The highest BCUT2D eigenvalue weighted by Gasteiger charge is 2.17. The third-order valence-electron chi connectivity index (χ3n) is 2.87. The maximum absolute atomic E-state index is 12.2. The van der Waals surface area contributed by atoms with E-state index in [1.165, 1.54) is 13.3 Å². The van der Waals surface area contributed by atoms with Crippen LogP contribution in [0.3, 0.4) is 0 Å². The van der Waals surface area contributed by atoms with Gasteiger partial charge in [0.2, 0.25) is 5.88 Å². The van der Waals surface area contributed by atoms with Crippen molar-refractivity contribution < 1.29 is 19.4 Å². The number of ether oxygens (including phenoxy) is 1. The SMILES string of the molecule is COc1ccc(NC(=O)N(CCCC(=O)O)C(C)C)cn1. The topological polar surface area (TPSA) is 91.8 Å². The van der Waals surface area contributed by atoms with Crippen LogP contribution in [-0.2, 0) is 4.79 Å². The maximum Gasteiger partial charge on any atom is 0.322 e. The highest BCUT2D eigenvalue weighted by molar-refractivity contribution is 5.89. The lowest BCUT2D eigenvalue weighted by Crippen LogP contribution is -2.40. The van der Waals surface area contributed by atoms with Crippen LogP contribution in [0.15, 0.2) is 18.3 Å². The minimum Gasteiger partial charge on any atom is -0.481 e. The Balaban J connectivity index is 2.60. The van der Waals surface area contributed by atoms with Gasteiger partial charge in [0.25, 0.3) is 0 Å². The van der Waals surface area contributed by atoms with E-state index in [0.717, 1.165) is 0 Å². The number of urea groups is 1. The van der Waals surface area contributed by atoms with Crippen LogP contribution in [0.25, 0.3) is 0 Å². The molecule has 7 heteroatoms. The number of carbonyl (C=O) groups is 2. The fourth-order valence-corrected chi connectivity index (χ4v) is 1.77. The lowest BCUT2D eigenvalue weighted by Gasteiger charge is -2.26. The first kappa shape index (κ1) is 16.7. The van der Waals surface area contributed by atoms with Crippen molar-refractivity contribution in [3.05, 3.63) is 18.3 Å². The van der Waals surface area contributed by atoms with Gasteiger partial charge in [0.15, 0.2) is 0 Å². The van der Waals surface area contributed by atoms with Crippen molar-refractivity contribution in [2.24, 2.45) is 0 Å². The zero-order valence-electron chi connectivity index (χ0n) is 12.5. The fraction of sp³-hybridized carbons (Fsp3) is 0.500. The van der Waals surface area contributed by atoms with Crippen LogP contribution in [0.1, 0.15) is 26.7 Å². The Morgan fingerprint density at radius 1 is 1.43 bits per heavy atom. The number of carboxylic acid groups (broad SMARTS) is 1. The smallest absolute Gasteiger partial charge is 0.322 e. The molecule has 1 rings (SSSR count). The van der Waals surface area contributed by atoms with Crippen molar-refractivity contribution in [3.8, 4) is 5.88 Å². The van der Waals surface area contributed by atoms with E-state index in [0.29, 0.717) is 24.5 Å². The third-order valence-corrected chi connectivity index (χ3v) is 2.87. The van der Waals surface area contributed by atoms with Crippen LogP contribution < -0.4 is 10.1 Å². The van der Waals surface area contributed by atoms with Gasteiger partial charge in [-0.15, -0.1) is 0 Å². The molecule has 0 spiro atoms. The van der Waals surface area contributed by atoms with Crippen LogP contribution in [0.4, 0.5) is 10.5 Å². The number of carbonyl (C=O) groups excluding carboxylic acids is 1. The van der Waals surface area contributed by atoms with E-state index in [9.17, 15) is 9.59 Å². The minimum atomic E-state index is -0.863. The number of anilines is 1. The van der Waals surface area contributed by atoms with E-state index in [4.69, 9.17) is 9.84 Å². The molecule has 116 valence electrons. The largest absolute Gasteiger partial charge is 0.481 e. The number of carboxylic acids is 1. The van der Waals surface area contributed by atoms with E-state index in [2.05, 4.69) is 10.3 Å². The predicted octanol–water partition coefficient (Wildman–Crippen LogP) is 2.20. The standard InChI is InChI=1S/C14H21N3O4/c1-10(2)17(8-4-5-13(18)19)14(20)16-11-6-7-12(21-3)15-9-11/h6-7,9-10H,4-5,8H2,1-3H3,(H,16,20)(H,18,19). The Labute approximate surface area is 123 Å². The van der Waals surface area contributed by atoms with Gasteiger partial charge >= 0.3 is 12.0 Å². The number of nitrogens with one attached hydrogen (secondary N) is 1. The van der Waals surface area contributed by atoms with Gasteiger partial charge < -0.3 is 20.1 Å². The molecule has 7 nitrogen and oxygen atoms in total. The Morgan fingerprint density at radius 3 is 2.62 bits per heavy atom. The van der Waals surface area contributed by atoms with E-state index >= 15 is 0 Å². The summed E-state index contributed by atoms with van der Waals surface area (Å²) >= 11 is 0. The van der Waals surface area contributed by atoms with Crippen molar-refractivity contribution in [3.63, 3.8) is 0 Å². The summed E-state index contributed by atoms with van der Waals surface area (Å²) in [6, 6.07) is 3.05. The van der Waals surface area contributed by atoms with Gasteiger partial charge in [-0.2, -0.15) is 0 Å². The van der Waals surface area contributed by atoms with Crippen LogP contribution in [0.2, 0.25) is 0 Å². The summed E-state index contributed by atoms with van der Waals surface area (Å²) in [6.07, 6.45) is 1.97. The summed E-state index contributed by atoms with van der Waals surface area (Å²) in [5.74, 6) is -0.395. The van der Waals surface area contributed by atoms with Gasteiger partial charge in [0, 0.05) is 25.1 Å². The molecule has 0 fully saturated rings. The molecular weight excluding hydrogens is 274 g/mol. The Kier molecular flexibility index (Phi) is 6.45. The summed E-state index contributed by atoms with van der Waals surface area (Å²) in [7, 11) is 1.52. The van der Waals surface area contributed by atoms with Crippen molar-refractivity contribution in [1.29, 1.82) is 0 Å². The lowest BCUT2D eigenvalue weighted by atomic mass is 10.2. The number of hydrogen-bond donors (Lipinski definition) is 2.